The van der Waals surface area contributed by atoms with Crippen molar-refractivity contribution in [1.82, 2.24) is 16.0 Å². The van der Waals surface area contributed by atoms with Crippen LogP contribution in [0.25, 0.3) is 0 Å². The lowest BCUT2D eigenvalue weighted by Gasteiger charge is -2.22. The zero-order valence-electron chi connectivity index (χ0n) is 15.6. The molecule has 0 bridgehead atoms. The van der Waals surface area contributed by atoms with E-state index in [1.54, 1.807) is 0 Å². The van der Waals surface area contributed by atoms with Crippen molar-refractivity contribution in [2.45, 2.75) is 71.4 Å². The Hall–Kier alpha value is -1.56. The Morgan fingerprint density at radius 2 is 1.92 bits per heavy atom. The normalized spacial score (nSPS) is 15.8. The van der Waals surface area contributed by atoms with Crippen LogP contribution < -0.4 is 16.0 Å². The van der Waals surface area contributed by atoms with Crippen molar-refractivity contribution in [3.8, 4) is 0 Å². The van der Waals surface area contributed by atoms with Gasteiger partial charge in [-0.2, -0.15) is 0 Å². The van der Waals surface area contributed by atoms with Gasteiger partial charge in [-0.15, -0.1) is 11.3 Å². The van der Waals surface area contributed by atoms with Gasteiger partial charge in [-0.1, -0.05) is 26.2 Å². The summed E-state index contributed by atoms with van der Waals surface area (Å²) in [6.45, 7) is 6.31. The lowest BCUT2D eigenvalue weighted by Crippen LogP contribution is -2.41. The predicted molar refractivity (Wildman–Crippen MR) is 106 cm³/mol. The number of hydrogen-bond donors (Lipinski definition) is 3. The SMILES string of the molecule is CCNC(=NCc1ccc(CC)s1)NCCC(=O)NC1CCCCC1. The van der Waals surface area contributed by atoms with E-state index in [1.807, 2.05) is 18.3 Å². The van der Waals surface area contributed by atoms with E-state index in [-0.39, 0.29) is 5.91 Å². The first-order chi connectivity index (χ1) is 12.2. The second-order valence-corrected chi connectivity index (χ2v) is 7.75. The summed E-state index contributed by atoms with van der Waals surface area (Å²) in [5.74, 6) is 0.917. The van der Waals surface area contributed by atoms with Crippen molar-refractivity contribution in [3.05, 3.63) is 21.9 Å². The van der Waals surface area contributed by atoms with Crippen LogP contribution >= 0.6 is 11.3 Å². The number of thiophene rings is 1. The Kier molecular flexibility index (Phi) is 8.80. The number of guanidine groups is 1. The Morgan fingerprint density at radius 3 is 2.60 bits per heavy atom. The summed E-state index contributed by atoms with van der Waals surface area (Å²) in [7, 11) is 0. The molecule has 1 aliphatic rings. The first-order valence-corrected chi connectivity index (χ1v) is 10.4. The minimum Gasteiger partial charge on any atom is -0.357 e. The van der Waals surface area contributed by atoms with Crippen LogP contribution in [0.4, 0.5) is 0 Å². The molecule has 0 atom stereocenters. The molecule has 140 valence electrons. The van der Waals surface area contributed by atoms with E-state index in [9.17, 15) is 4.79 Å². The third kappa shape index (κ3) is 7.46. The van der Waals surface area contributed by atoms with Crippen molar-refractivity contribution in [2.24, 2.45) is 4.99 Å². The average molecular weight is 365 g/mol. The highest BCUT2D eigenvalue weighted by Crippen LogP contribution is 2.18. The average Bonchev–Trinajstić information content (AvgIpc) is 3.08. The number of amides is 1. The molecule has 0 aromatic carbocycles. The van der Waals surface area contributed by atoms with E-state index in [2.05, 4.69) is 40.0 Å². The predicted octanol–water partition coefficient (Wildman–Crippen LogP) is 3.20. The molecule has 0 saturated heterocycles. The number of aliphatic imine (C=N–C) groups is 1. The zero-order valence-corrected chi connectivity index (χ0v) is 16.4. The van der Waals surface area contributed by atoms with Crippen LogP contribution in [0, 0.1) is 0 Å². The van der Waals surface area contributed by atoms with Crippen molar-refractivity contribution in [3.63, 3.8) is 0 Å². The van der Waals surface area contributed by atoms with Gasteiger partial charge in [0.25, 0.3) is 0 Å². The lowest BCUT2D eigenvalue weighted by atomic mass is 9.95. The largest absolute Gasteiger partial charge is 0.357 e. The topological polar surface area (TPSA) is 65.5 Å². The summed E-state index contributed by atoms with van der Waals surface area (Å²) in [5.41, 5.74) is 0. The molecule has 1 aromatic heterocycles. The molecule has 1 aromatic rings. The molecule has 0 radical (unpaired) electrons. The molecule has 1 aliphatic carbocycles. The maximum absolute atomic E-state index is 12.1. The summed E-state index contributed by atoms with van der Waals surface area (Å²) in [4.78, 5) is 19.3. The van der Waals surface area contributed by atoms with E-state index in [0.717, 1.165) is 31.8 Å². The van der Waals surface area contributed by atoms with Gasteiger partial charge in [-0.25, -0.2) is 4.99 Å². The maximum atomic E-state index is 12.1. The molecule has 3 N–H and O–H groups in total. The third-order valence-corrected chi connectivity index (χ3v) is 5.63. The van der Waals surface area contributed by atoms with Gasteiger partial charge in [0, 0.05) is 35.3 Å². The van der Waals surface area contributed by atoms with E-state index in [0.29, 0.717) is 25.6 Å². The van der Waals surface area contributed by atoms with Gasteiger partial charge in [-0.05, 0) is 38.3 Å². The second kappa shape index (κ2) is 11.1. The van der Waals surface area contributed by atoms with E-state index in [1.165, 1.54) is 29.0 Å². The smallest absolute Gasteiger partial charge is 0.221 e. The number of nitrogens with one attached hydrogen (secondary N) is 3. The molecule has 0 spiro atoms. The van der Waals surface area contributed by atoms with Crippen LogP contribution in [-0.4, -0.2) is 31.0 Å². The summed E-state index contributed by atoms with van der Waals surface area (Å²) in [6.07, 6.45) is 7.60. The third-order valence-electron chi connectivity index (χ3n) is 4.42. The van der Waals surface area contributed by atoms with Crippen LogP contribution in [0.3, 0.4) is 0 Å². The van der Waals surface area contributed by atoms with Gasteiger partial charge in [0.2, 0.25) is 5.91 Å². The Balaban J connectivity index is 1.72. The number of carbonyl (C=O) groups is 1. The fraction of sp³-hybridized carbons (Fsp3) is 0.684. The standard InChI is InChI=1S/C19H32N4OS/c1-3-16-10-11-17(25-16)14-22-19(20-4-2)21-13-12-18(24)23-15-8-6-5-7-9-15/h10-11,15H,3-9,12-14H2,1-2H3,(H,23,24)(H2,20,21,22). The summed E-state index contributed by atoms with van der Waals surface area (Å²) < 4.78 is 0. The van der Waals surface area contributed by atoms with Crippen LogP contribution in [0.1, 0.15) is 62.1 Å². The molecule has 2 rings (SSSR count). The molecule has 5 nitrogen and oxygen atoms in total. The highest BCUT2D eigenvalue weighted by molar-refractivity contribution is 7.11. The van der Waals surface area contributed by atoms with Crippen molar-refractivity contribution < 1.29 is 4.79 Å². The molecule has 1 saturated carbocycles. The lowest BCUT2D eigenvalue weighted by molar-refractivity contribution is -0.121. The fourth-order valence-corrected chi connectivity index (χ4v) is 3.92. The summed E-state index contributed by atoms with van der Waals surface area (Å²) in [6, 6.07) is 4.70. The molecule has 25 heavy (non-hydrogen) atoms. The van der Waals surface area contributed by atoms with Gasteiger partial charge in [-0.3, -0.25) is 4.79 Å². The van der Waals surface area contributed by atoms with Crippen LogP contribution in [-0.2, 0) is 17.8 Å². The number of nitrogens with zero attached hydrogens (tertiary/aromatic N) is 1. The molecule has 1 fully saturated rings. The molecular weight excluding hydrogens is 332 g/mol. The van der Waals surface area contributed by atoms with Gasteiger partial charge in [0.05, 0.1) is 6.54 Å². The maximum Gasteiger partial charge on any atom is 0.221 e. The minimum atomic E-state index is 0.140. The fourth-order valence-electron chi connectivity index (χ4n) is 3.04. The van der Waals surface area contributed by atoms with Gasteiger partial charge < -0.3 is 16.0 Å². The Bertz CT molecular complexity index is 549. The molecule has 1 heterocycles. The van der Waals surface area contributed by atoms with Gasteiger partial charge >= 0.3 is 0 Å². The van der Waals surface area contributed by atoms with Crippen molar-refractivity contribution >= 4 is 23.2 Å². The minimum absolute atomic E-state index is 0.140. The summed E-state index contributed by atoms with van der Waals surface area (Å²) >= 11 is 1.81. The molecule has 0 aliphatic heterocycles. The van der Waals surface area contributed by atoms with Crippen molar-refractivity contribution in [2.75, 3.05) is 13.1 Å². The summed E-state index contributed by atoms with van der Waals surface area (Å²) in [5, 5.41) is 9.66. The van der Waals surface area contributed by atoms with Gasteiger partial charge in [0.15, 0.2) is 5.96 Å². The highest BCUT2D eigenvalue weighted by Gasteiger charge is 2.15. The van der Waals surface area contributed by atoms with Crippen LogP contribution in [0.2, 0.25) is 0 Å². The van der Waals surface area contributed by atoms with E-state index in [4.69, 9.17) is 0 Å². The molecule has 6 heteroatoms. The van der Waals surface area contributed by atoms with Gasteiger partial charge in [0.1, 0.15) is 0 Å². The van der Waals surface area contributed by atoms with Crippen LogP contribution in [0.15, 0.2) is 17.1 Å². The van der Waals surface area contributed by atoms with Crippen LogP contribution in [0.5, 0.6) is 0 Å². The Labute approximate surface area is 155 Å². The monoisotopic (exact) mass is 364 g/mol. The molecule has 1 amide bonds. The number of aryl methyl sites for hydroxylation is 1. The highest BCUT2D eigenvalue weighted by atomic mass is 32.1. The quantitative estimate of drug-likeness (QED) is 0.490. The zero-order chi connectivity index (χ0) is 17.9. The van der Waals surface area contributed by atoms with Crippen molar-refractivity contribution in [1.29, 1.82) is 0 Å². The Morgan fingerprint density at radius 1 is 1.16 bits per heavy atom. The molecule has 0 unspecified atom stereocenters. The number of carbonyl (C=O) groups excluding carboxylic acids is 1. The number of rotatable bonds is 8. The first-order valence-electron chi connectivity index (χ1n) is 9.60. The first kappa shape index (κ1) is 19.8. The van der Waals surface area contributed by atoms with E-state index < -0.39 is 0 Å². The second-order valence-electron chi connectivity index (χ2n) is 6.50. The molecular formula is C19H32N4OS. The number of hydrogen-bond acceptors (Lipinski definition) is 3. The van der Waals surface area contributed by atoms with E-state index >= 15 is 0 Å².